The van der Waals surface area contributed by atoms with Gasteiger partial charge in [0.25, 0.3) is 0 Å². The van der Waals surface area contributed by atoms with Crippen molar-refractivity contribution in [1.29, 1.82) is 0 Å². The largest absolute Gasteiger partial charge is 0.449 e. The summed E-state index contributed by atoms with van der Waals surface area (Å²) in [7, 11) is 0. The van der Waals surface area contributed by atoms with Gasteiger partial charge in [0.2, 0.25) is 5.91 Å². The number of furan rings is 1. The zero-order valence-electron chi connectivity index (χ0n) is 11.6. The molecule has 0 saturated carbocycles. The number of rotatable bonds is 2. The minimum Gasteiger partial charge on any atom is -0.449 e. The average Bonchev–Trinajstić information content (AvgIpc) is 2.51. The van der Waals surface area contributed by atoms with Crippen molar-refractivity contribution in [3.05, 3.63) is 34.0 Å². The van der Waals surface area contributed by atoms with Crippen LogP contribution in [0.3, 0.4) is 0 Å². The molecule has 1 amide bonds. The molecule has 1 aromatic heterocycles. The number of hydrogen-bond acceptors (Lipinski definition) is 2. The average molecular weight is 324 g/mol. The molecule has 0 fully saturated rings. The summed E-state index contributed by atoms with van der Waals surface area (Å²) in [6.07, 6.45) is 0.313. The van der Waals surface area contributed by atoms with Gasteiger partial charge in [0.1, 0.15) is 5.58 Å². The Bertz CT molecular complexity index is 623. The fourth-order valence-electron chi connectivity index (χ4n) is 2.02. The second kappa shape index (κ2) is 5.00. The van der Waals surface area contributed by atoms with Crippen molar-refractivity contribution in [2.75, 3.05) is 0 Å². The second-order valence-electron chi connectivity index (χ2n) is 5.83. The Morgan fingerprint density at radius 1 is 1.37 bits per heavy atom. The molecule has 1 aromatic carbocycles. The number of fused-ring (bicyclic) bond motifs is 1. The molecule has 4 heteroatoms. The lowest BCUT2D eigenvalue weighted by Gasteiger charge is -2.20. The molecular formula is C15H18BrNO2. The van der Waals surface area contributed by atoms with E-state index in [-0.39, 0.29) is 11.4 Å². The molecule has 0 unspecified atom stereocenters. The van der Waals surface area contributed by atoms with E-state index in [0.717, 1.165) is 22.1 Å². The van der Waals surface area contributed by atoms with Gasteiger partial charge < -0.3 is 9.73 Å². The van der Waals surface area contributed by atoms with Gasteiger partial charge in [0.05, 0.1) is 6.42 Å². The SMILES string of the molecule is Cc1ccc2c(CC(=O)NC(C)(C)C)c(Br)oc2c1. The molecule has 0 atom stereocenters. The number of carbonyl (C=O) groups is 1. The first-order valence-corrected chi connectivity index (χ1v) is 7.04. The number of amides is 1. The van der Waals surface area contributed by atoms with E-state index in [9.17, 15) is 4.79 Å². The summed E-state index contributed by atoms with van der Waals surface area (Å²) in [6.45, 7) is 7.92. The van der Waals surface area contributed by atoms with E-state index >= 15 is 0 Å². The maximum absolute atomic E-state index is 12.0. The highest BCUT2D eigenvalue weighted by Gasteiger charge is 2.19. The lowest BCUT2D eigenvalue weighted by molar-refractivity contribution is -0.121. The number of hydrogen-bond donors (Lipinski definition) is 1. The fraction of sp³-hybridized carbons (Fsp3) is 0.400. The van der Waals surface area contributed by atoms with Gasteiger partial charge in [-0.15, -0.1) is 0 Å². The van der Waals surface area contributed by atoms with Crippen LogP contribution in [0.1, 0.15) is 31.9 Å². The van der Waals surface area contributed by atoms with Crippen LogP contribution in [-0.4, -0.2) is 11.4 Å². The third-order valence-electron chi connectivity index (χ3n) is 2.75. The number of carbonyl (C=O) groups excluding carboxylic acids is 1. The summed E-state index contributed by atoms with van der Waals surface area (Å²) in [4.78, 5) is 12.0. The van der Waals surface area contributed by atoms with Gasteiger partial charge in [-0.25, -0.2) is 0 Å². The zero-order valence-corrected chi connectivity index (χ0v) is 13.2. The summed E-state index contributed by atoms with van der Waals surface area (Å²) in [6, 6.07) is 6.00. The van der Waals surface area contributed by atoms with Gasteiger partial charge in [-0.2, -0.15) is 0 Å². The predicted molar refractivity (Wildman–Crippen MR) is 80.3 cm³/mol. The fourth-order valence-corrected chi connectivity index (χ4v) is 2.54. The molecule has 0 radical (unpaired) electrons. The molecule has 2 aromatic rings. The van der Waals surface area contributed by atoms with Crippen molar-refractivity contribution in [3.8, 4) is 0 Å². The van der Waals surface area contributed by atoms with Crippen LogP contribution in [0, 0.1) is 6.92 Å². The van der Waals surface area contributed by atoms with E-state index in [1.807, 2.05) is 45.9 Å². The maximum Gasteiger partial charge on any atom is 0.225 e. The number of nitrogens with one attached hydrogen (secondary N) is 1. The van der Waals surface area contributed by atoms with Crippen LogP contribution < -0.4 is 5.32 Å². The Hall–Kier alpha value is -1.29. The highest BCUT2D eigenvalue weighted by atomic mass is 79.9. The topological polar surface area (TPSA) is 42.2 Å². The van der Waals surface area contributed by atoms with Gasteiger partial charge >= 0.3 is 0 Å². The molecular weight excluding hydrogens is 306 g/mol. The van der Waals surface area contributed by atoms with E-state index in [1.54, 1.807) is 0 Å². The van der Waals surface area contributed by atoms with Crippen LogP contribution >= 0.6 is 15.9 Å². The molecule has 0 aliphatic heterocycles. The summed E-state index contributed by atoms with van der Waals surface area (Å²) in [5.41, 5.74) is 2.63. The van der Waals surface area contributed by atoms with Crippen LogP contribution in [0.5, 0.6) is 0 Å². The molecule has 3 nitrogen and oxygen atoms in total. The number of aryl methyl sites for hydroxylation is 1. The van der Waals surface area contributed by atoms with Crippen LogP contribution in [0.25, 0.3) is 11.0 Å². The quantitative estimate of drug-likeness (QED) is 0.908. The lowest BCUT2D eigenvalue weighted by atomic mass is 10.1. The Morgan fingerprint density at radius 2 is 2.05 bits per heavy atom. The van der Waals surface area contributed by atoms with Crippen LogP contribution in [0.2, 0.25) is 0 Å². The van der Waals surface area contributed by atoms with Crippen LogP contribution in [-0.2, 0) is 11.2 Å². The van der Waals surface area contributed by atoms with Crippen molar-refractivity contribution < 1.29 is 9.21 Å². The highest BCUT2D eigenvalue weighted by molar-refractivity contribution is 9.10. The molecule has 0 aliphatic rings. The van der Waals surface area contributed by atoms with Crippen LogP contribution in [0.15, 0.2) is 27.3 Å². The molecule has 0 saturated heterocycles. The first-order chi connectivity index (χ1) is 8.76. The molecule has 102 valence electrons. The first kappa shape index (κ1) is 14.1. The molecule has 1 N–H and O–H groups in total. The number of halogens is 1. The van der Waals surface area contributed by atoms with E-state index < -0.39 is 0 Å². The van der Waals surface area contributed by atoms with Gasteiger partial charge in [-0.1, -0.05) is 12.1 Å². The number of benzene rings is 1. The standard InChI is InChI=1S/C15H18BrNO2/c1-9-5-6-10-11(14(16)19-12(10)7-9)8-13(18)17-15(2,3)4/h5-7H,8H2,1-4H3,(H,17,18). The molecule has 1 heterocycles. The summed E-state index contributed by atoms with van der Waals surface area (Å²) in [5.74, 6) is -0.00326. The Balaban J connectivity index is 2.30. The molecule has 19 heavy (non-hydrogen) atoms. The molecule has 0 bridgehead atoms. The van der Waals surface area contributed by atoms with E-state index in [1.165, 1.54) is 0 Å². The van der Waals surface area contributed by atoms with Gasteiger partial charge in [-0.05, 0) is 55.3 Å². The Morgan fingerprint density at radius 3 is 2.68 bits per heavy atom. The van der Waals surface area contributed by atoms with Gasteiger partial charge in [-0.3, -0.25) is 4.79 Å². The third kappa shape index (κ3) is 3.38. The van der Waals surface area contributed by atoms with Crippen molar-refractivity contribution in [2.45, 2.75) is 39.7 Å². The van der Waals surface area contributed by atoms with Crippen molar-refractivity contribution in [1.82, 2.24) is 5.32 Å². The maximum atomic E-state index is 12.0. The van der Waals surface area contributed by atoms with Crippen molar-refractivity contribution in [2.24, 2.45) is 0 Å². The third-order valence-corrected chi connectivity index (χ3v) is 3.39. The molecule has 0 aliphatic carbocycles. The van der Waals surface area contributed by atoms with Crippen molar-refractivity contribution >= 4 is 32.8 Å². The van der Waals surface area contributed by atoms with Crippen molar-refractivity contribution in [3.63, 3.8) is 0 Å². The minimum atomic E-state index is -0.223. The minimum absolute atomic E-state index is 0.00326. The van der Waals surface area contributed by atoms with Gasteiger partial charge in [0, 0.05) is 16.5 Å². The molecule has 0 spiro atoms. The summed E-state index contributed by atoms with van der Waals surface area (Å²) < 4.78 is 6.28. The first-order valence-electron chi connectivity index (χ1n) is 6.25. The zero-order chi connectivity index (χ0) is 14.2. The summed E-state index contributed by atoms with van der Waals surface area (Å²) in [5, 5.41) is 3.95. The molecule has 2 rings (SSSR count). The predicted octanol–water partition coefficient (Wildman–Crippen LogP) is 3.96. The van der Waals surface area contributed by atoms with E-state index in [2.05, 4.69) is 21.2 Å². The van der Waals surface area contributed by atoms with Crippen LogP contribution in [0.4, 0.5) is 0 Å². The second-order valence-corrected chi connectivity index (χ2v) is 6.55. The summed E-state index contributed by atoms with van der Waals surface area (Å²) >= 11 is 3.40. The highest BCUT2D eigenvalue weighted by Crippen LogP contribution is 2.31. The monoisotopic (exact) mass is 323 g/mol. The smallest absolute Gasteiger partial charge is 0.225 e. The van der Waals surface area contributed by atoms with E-state index in [4.69, 9.17) is 4.42 Å². The lowest BCUT2D eigenvalue weighted by Crippen LogP contribution is -2.41. The normalized spacial score (nSPS) is 11.8. The van der Waals surface area contributed by atoms with Gasteiger partial charge in [0.15, 0.2) is 4.67 Å². The Kier molecular flexibility index (Phi) is 3.72. The van der Waals surface area contributed by atoms with E-state index in [0.29, 0.717) is 11.1 Å². The Labute approximate surface area is 121 Å².